The highest BCUT2D eigenvalue weighted by molar-refractivity contribution is 8.00. The van der Waals surface area contributed by atoms with Crippen molar-refractivity contribution in [3.63, 3.8) is 0 Å². The summed E-state index contributed by atoms with van der Waals surface area (Å²) in [6, 6.07) is 9.12. The highest BCUT2D eigenvalue weighted by atomic mass is 32.2. The van der Waals surface area contributed by atoms with Crippen LogP contribution in [-0.4, -0.2) is 23.9 Å². The quantitative estimate of drug-likeness (QED) is 0.815. The van der Waals surface area contributed by atoms with Crippen LogP contribution in [0, 0.1) is 0 Å². The van der Waals surface area contributed by atoms with Crippen molar-refractivity contribution in [2.75, 3.05) is 12.3 Å². The van der Waals surface area contributed by atoms with Crippen LogP contribution in [0.15, 0.2) is 30.3 Å². The van der Waals surface area contributed by atoms with Gasteiger partial charge in [0.1, 0.15) is 6.61 Å². The number of halogens is 3. The summed E-state index contributed by atoms with van der Waals surface area (Å²) in [4.78, 5) is 11.2. The zero-order valence-electron chi connectivity index (χ0n) is 10.1. The van der Waals surface area contributed by atoms with Crippen LogP contribution in [0.3, 0.4) is 0 Å². The molecule has 1 aromatic rings. The third-order valence-corrected chi connectivity index (χ3v) is 2.89. The summed E-state index contributed by atoms with van der Waals surface area (Å²) >= 11 is -0.0967. The van der Waals surface area contributed by atoms with E-state index >= 15 is 0 Å². The van der Waals surface area contributed by atoms with E-state index in [2.05, 4.69) is 5.32 Å². The second-order valence-corrected chi connectivity index (χ2v) is 4.80. The van der Waals surface area contributed by atoms with Gasteiger partial charge in [-0.3, -0.25) is 0 Å². The molecule has 0 spiro atoms. The molecule has 1 amide bonds. The smallest absolute Gasteiger partial charge is 0.441 e. The minimum atomic E-state index is -4.21. The molecule has 0 fully saturated rings. The third kappa shape index (κ3) is 8.36. The van der Waals surface area contributed by atoms with Gasteiger partial charge in [-0.2, -0.15) is 13.2 Å². The average molecular weight is 293 g/mol. The fraction of sp³-hybridized carbons (Fsp3) is 0.417. The van der Waals surface area contributed by atoms with Gasteiger partial charge < -0.3 is 10.1 Å². The molecule has 7 heteroatoms. The Bertz CT molecular complexity index is 384. The van der Waals surface area contributed by atoms with Crippen LogP contribution in [0.4, 0.5) is 18.0 Å². The Balaban J connectivity index is 2.06. The zero-order chi connectivity index (χ0) is 14.1. The number of alkyl carbamates (subject to hydrolysis) is 1. The number of carbonyl (C=O) groups excluding carboxylic acids is 1. The molecule has 0 aliphatic rings. The SMILES string of the molecule is O=C(NCCCSC(F)(F)F)OCc1ccccc1. The predicted molar refractivity (Wildman–Crippen MR) is 67.8 cm³/mol. The van der Waals surface area contributed by atoms with Gasteiger partial charge in [-0.1, -0.05) is 42.1 Å². The number of benzene rings is 1. The minimum absolute atomic E-state index is 0.0809. The van der Waals surface area contributed by atoms with E-state index in [4.69, 9.17) is 4.74 Å². The lowest BCUT2D eigenvalue weighted by Crippen LogP contribution is -2.25. The van der Waals surface area contributed by atoms with E-state index < -0.39 is 11.6 Å². The molecule has 0 heterocycles. The summed E-state index contributed by atoms with van der Waals surface area (Å²) in [6.45, 7) is 0.306. The fourth-order valence-corrected chi connectivity index (χ4v) is 1.74. The lowest BCUT2D eigenvalue weighted by molar-refractivity contribution is -0.0327. The summed E-state index contributed by atoms with van der Waals surface area (Å²) < 4.78 is 40.3. The number of hydrogen-bond acceptors (Lipinski definition) is 3. The molecule has 106 valence electrons. The summed E-state index contributed by atoms with van der Waals surface area (Å²) in [7, 11) is 0. The monoisotopic (exact) mass is 293 g/mol. The number of rotatable bonds is 6. The first-order valence-corrected chi connectivity index (χ1v) is 6.61. The maximum Gasteiger partial charge on any atom is 0.441 e. The lowest BCUT2D eigenvalue weighted by atomic mass is 10.2. The normalized spacial score (nSPS) is 11.1. The van der Waals surface area contributed by atoms with Crippen LogP contribution in [0.1, 0.15) is 12.0 Å². The van der Waals surface area contributed by atoms with Crippen LogP contribution < -0.4 is 5.32 Å². The first-order valence-electron chi connectivity index (χ1n) is 5.62. The fourth-order valence-electron chi connectivity index (χ4n) is 1.22. The van der Waals surface area contributed by atoms with Gasteiger partial charge in [0.25, 0.3) is 0 Å². The number of ether oxygens (including phenoxy) is 1. The highest BCUT2D eigenvalue weighted by Crippen LogP contribution is 2.30. The van der Waals surface area contributed by atoms with Gasteiger partial charge >= 0.3 is 11.6 Å². The van der Waals surface area contributed by atoms with E-state index in [0.29, 0.717) is 0 Å². The van der Waals surface area contributed by atoms with E-state index in [9.17, 15) is 18.0 Å². The second kappa shape index (κ2) is 7.93. The van der Waals surface area contributed by atoms with Gasteiger partial charge in [-0.25, -0.2) is 4.79 Å². The van der Waals surface area contributed by atoms with E-state index in [0.717, 1.165) is 5.56 Å². The molecule has 1 N–H and O–H groups in total. The first-order chi connectivity index (χ1) is 8.97. The third-order valence-electron chi connectivity index (χ3n) is 2.07. The molecular weight excluding hydrogens is 279 g/mol. The van der Waals surface area contributed by atoms with Crippen molar-refractivity contribution >= 4 is 17.9 Å². The van der Waals surface area contributed by atoms with Gasteiger partial charge in [0, 0.05) is 12.3 Å². The molecular formula is C12H14F3NO2S. The Hall–Kier alpha value is -1.37. The maximum atomic E-state index is 11.8. The molecule has 0 aliphatic carbocycles. The van der Waals surface area contributed by atoms with E-state index in [1.165, 1.54) is 0 Å². The molecule has 0 aliphatic heterocycles. The molecule has 0 saturated heterocycles. The van der Waals surface area contributed by atoms with Crippen molar-refractivity contribution in [1.82, 2.24) is 5.32 Å². The molecule has 1 aromatic carbocycles. The number of amides is 1. The van der Waals surface area contributed by atoms with Gasteiger partial charge in [0.15, 0.2) is 0 Å². The summed E-state index contributed by atoms with van der Waals surface area (Å²) in [5.74, 6) is -0.0809. The Kier molecular flexibility index (Phi) is 6.55. The van der Waals surface area contributed by atoms with Crippen molar-refractivity contribution in [3.05, 3.63) is 35.9 Å². The van der Waals surface area contributed by atoms with Crippen molar-refractivity contribution in [2.45, 2.75) is 18.5 Å². The molecule has 0 bridgehead atoms. The van der Waals surface area contributed by atoms with Crippen LogP contribution in [0.25, 0.3) is 0 Å². The lowest BCUT2D eigenvalue weighted by Gasteiger charge is -2.07. The van der Waals surface area contributed by atoms with Gasteiger partial charge in [-0.05, 0) is 12.0 Å². The van der Waals surface area contributed by atoms with Crippen LogP contribution in [0.2, 0.25) is 0 Å². The Morgan fingerprint density at radius 1 is 1.26 bits per heavy atom. The molecule has 0 atom stereocenters. The number of hydrogen-bond donors (Lipinski definition) is 1. The molecule has 0 radical (unpaired) electrons. The maximum absolute atomic E-state index is 11.8. The van der Waals surface area contributed by atoms with Gasteiger partial charge in [0.05, 0.1) is 0 Å². The highest BCUT2D eigenvalue weighted by Gasteiger charge is 2.27. The number of alkyl halides is 3. The zero-order valence-corrected chi connectivity index (χ0v) is 10.9. The topological polar surface area (TPSA) is 38.3 Å². The van der Waals surface area contributed by atoms with Crippen molar-refractivity contribution < 1.29 is 22.7 Å². The molecule has 0 aromatic heterocycles. The van der Waals surface area contributed by atoms with Crippen LogP contribution >= 0.6 is 11.8 Å². The Morgan fingerprint density at radius 3 is 2.58 bits per heavy atom. The Labute approximate surface area is 113 Å². The van der Waals surface area contributed by atoms with Crippen LogP contribution in [-0.2, 0) is 11.3 Å². The average Bonchev–Trinajstić information content (AvgIpc) is 2.36. The molecule has 1 rings (SSSR count). The molecule has 3 nitrogen and oxygen atoms in total. The standard InChI is InChI=1S/C12H14F3NO2S/c13-12(14,15)19-8-4-7-16-11(17)18-9-10-5-2-1-3-6-10/h1-3,5-6H,4,7-9H2,(H,16,17). The van der Waals surface area contributed by atoms with Crippen molar-refractivity contribution in [3.8, 4) is 0 Å². The van der Waals surface area contributed by atoms with E-state index in [1.807, 2.05) is 30.3 Å². The second-order valence-electron chi connectivity index (χ2n) is 3.64. The largest absolute Gasteiger partial charge is 0.445 e. The van der Waals surface area contributed by atoms with Crippen molar-refractivity contribution in [1.29, 1.82) is 0 Å². The van der Waals surface area contributed by atoms with E-state index in [-0.39, 0.29) is 37.1 Å². The number of nitrogens with one attached hydrogen (secondary N) is 1. The predicted octanol–water partition coefficient (Wildman–Crippen LogP) is 3.56. The number of carbonyl (C=O) groups is 1. The Morgan fingerprint density at radius 2 is 1.95 bits per heavy atom. The summed E-state index contributed by atoms with van der Waals surface area (Å²) in [6.07, 6.45) is -0.384. The van der Waals surface area contributed by atoms with Gasteiger partial charge in [0.2, 0.25) is 0 Å². The summed E-state index contributed by atoms with van der Waals surface area (Å²) in [5.41, 5.74) is -3.36. The summed E-state index contributed by atoms with van der Waals surface area (Å²) in [5, 5.41) is 2.40. The van der Waals surface area contributed by atoms with Gasteiger partial charge in [-0.15, -0.1) is 0 Å². The van der Waals surface area contributed by atoms with Crippen molar-refractivity contribution in [2.24, 2.45) is 0 Å². The van der Waals surface area contributed by atoms with E-state index in [1.54, 1.807) is 0 Å². The first kappa shape index (κ1) is 15.7. The number of thioether (sulfide) groups is 1. The van der Waals surface area contributed by atoms with Crippen LogP contribution in [0.5, 0.6) is 0 Å². The minimum Gasteiger partial charge on any atom is -0.445 e. The molecule has 0 saturated carbocycles. The molecule has 19 heavy (non-hydrogen) atoms. The molecule has 0 unspecified atom stereocenters.